The third kappa shape index (κ3) is 12.4. The van der Waals surface area contributed by atoms with Crippen molar-refractivity contribution in [1.82, 2.24) is 21.0 Å². The Morgan fingerprint density at radius 3 is 2.26 bits per heavy atom. The summed E-state index contributed by atoms with van der Waals surface area (Å²) in [4.78, 5) is 103. The van der Waals surface area contributed by atoms with Crippen molar-refractivity contribution in [3.63, 3.8) is 0 Å². The van der Waals surface area contributed by atoms with Crippen LogP contribution in [0.1, 0.15) is 96.1 Å². The molecule has 1 aromatic heterocycles. The molecule has 3 rings (SSSR count). The van der Waals surface area contributed by atoms with E-state index in [2.05, 4.69) is 16.0 Å². The maximum atomic E-state index is 13.5. The van der Waals surface area contributed by atoms with Crippen LogP contribution in [0, 0.1) is 23.0 Å². The van der Waals surface area contributed by atoms with Gasteiger partial charge in [0.1, 0.15) is 17.6 Å². The predicted molar refractivity (Wildman–Crippen MR) is 200 cm³/mol. The molecule has 0 aliphatic heterocycles. The van der Waals surface area contributed by atoms with Gasteiger partial charge in [0.05, 0.1) is 47.7 Å². The Kier molecular flexibility index (Phi) is 16.7. The molecule has 3 aromatic rings. The molecular formula is C38H45N5O14. The lowest BCUT2D eigenvalue weighted by molar-refractivity contribution is -0.384. The lowest BCUT2D eigenvalue weighted by atomic mass is 9.90. The van der Waals surface area contributed by atoms with Gasteiger partial charge in [0, 0.05) is 17.7 Å². The van der Waals surface area contributed by atoms with Crippen molar-refractivity contribution < 1.29 is 62.7 Å². The van der Waals surface area contributed by atoms with Gasteiger partial charge in [0.25, 0.3) is 17.5 Å². The molecule has 0 saturated heterocycles. The summed E-state index contributed by atoms with van der Waals surface area (Å²) in [5.74, 6) is -6.75. The SMILES string of the molecule is CCCCC[C@@H](C(=O)NCNC(=O)c1ccc(-c2ccc(C(=O)N[C@@H](CC(=O)O)C(=O)O)c(OCC)c2)o1)[C@@H](CC)N(C=O)OC(=O)c1ccc([N+](=O)[O-])cc1C. The molecule has 3 atom stereocenters. The van der Waals surface area contributed by atoms with Gasteiger partial charge in [-0.2, -0.15) is 5.06 Å². The number of carboxylic acid groups (broad SMARTS) is 2. The summed E-state index contributed by atoms with van der Waals surface area (Å²) >= 11 is 0. The van der Waals surface area contributed by atoms with E-state index >= 15 is 0 Å². The minimum Gasteiger partial charge on any atom is -0.493 e. The number of hydrogen-bond acceptors (Lipinski definition) is 12. The van der Waals surface area contributed by atoms with Crippen molar-refractivity contribution in [2.45, 2.75) is 78.3 Å². The Hall–Kier alpha value is -6.79. The number of carboxylic acids is 2. The minimum absolute atomic E-state index is 0.00197. The maximum absolute atomic E-state index is 13.5. The first-order valence-corrected chi connectivity index (χ1v) is 18.0. The van der Waals surface area contributed by atoms with Crippen molar-refractivity contribution in [1.29, 1.82) is 0 Å². The molecule has 0 aliphatic carbocycles. The topological polar surface area (TPSA) is 274 Å². The van der Waals surface area contributed by atoms with E-state index in [-0.39, 0.29) is 59.3 Å². The van der Waals surface area contributed by atoms with Crippen LogP contribution in [0.5, 0.6) is 5.75 Å². The van der Waals surface area contributed by atoms with E-state index in [1.165, 1.54) is 49.4 Å². The summed E-state index contributed by atoms with van der Waals surface area (Å²) in [5.41, 5.74) is 0.345. The predicted octanol–water partition coefficient (Wildman–Crippen LogP) is 4.23. The van der Waals surface area contributed by atoms with E-state index in [9.17, 15) is 48.8 Å². The number of non-ortho nitro benzene ring substituents is 1. The summed E-state index contributed by atoms with van der Waals surface area (Å²) < 4.78 is 11.3. The zero-order valence-electron chi connectivity index (χ0n) is 31.8. The number of hydroxylamine groups is 2. The summed E-state index contributed by atoms with van der Waals surface area (Å²) in [6, 6.07) is 8.06. The number of benzene rings is 2. The third-order valence-corrected chi connectivity index (χ3v) is 8.73. The zero-order chi connectivity index (χ0) is 42.2. The number of nitro benzene ring substituents is 1. The fourth-order valence-electron chi connectivity index (χ4n) is 5.85. The van der Waals surface area contributed by atoms with E-state index in [0.717, 1.165) is 24.0 Å². The van der Waals surface area contributed by atoms with Crippen molar-refractivity contribution in [2.24, 2.45) is 5.92 Å². The monoisotopic (exact) mass is 795 g/mol. The van der Waals surface area contributed by atoms with Crippen molar-refractivity contribution in [3.05, 3.63) is 81.1 Å². The normalized spacial score (nSPS) is 12.3. The van der Waals surface area contributed by atoms with E-state index in [1.54, 1.807) is 13.8 Å². The van der Waals surface area contributed by atoms with Crippen LogP contribution >= 0.6 is 0 Å². The Labute approximate surface area is 326 Å². The first-order valence-electron chi connectivity index (χ1n) is 18.0. The molecule has 0 unspecified atom stereocenters. The molecule has 19 heteroatoms. The number of furan rings is 1. The van der Waals surface area contributed by atoms with Crippen LogP contribution in [0.2, 0.25) is 0 Å². The Balaban J connectivity index is 1.71. The third-order valence-electron chi connectivity index (χ3n) is 8.73. The van der Waals surface area contributed by atoms with Crippen LogP contribution in [0.25, 0.3) is 11.3 Å². The van der Waals surface area contributed by atoms with Crippen LogP contribution in [-0.4, -0.2) is 87.6 Å². The minimum atomic E-state index is -1.68. The summed E-state index contributed by atoms with van der Waals surface area (Å²) in [5, 5.41) is 37.5. The molecule has 1 heterocycles. The Morgan fingerprint density at radius 1 is 0.947 bits per heavy atom. The second kappa shape index (κ2) is 21.3. The largest absolute Gasteiger partial charge is 0.493 e. The van der Waals surface area contributed by atoms with Gasteiger partial charge in [0.15, 0.2) is 5.76 Å². The second-order valence-electron chi connectivity index (χ2n) is 12.7. The van der Waals surface area contributed by atoms with Crippen LogP contribution in [0.15, 0.2) is 52.9 Å². The summed E-state index contributed by atoms with van der Waals surface area (Å²) in [7, 11) is 0. The average molecular weight is 796 g/mol. The summed E-state index contributed by atoms with van der Waals surface area (Å²) in [6.45, 7) is 6.61. The molecule has 19 nitrogen and oxygen atoms in total. The smallest absolute Gasteiger partial charge is 0.363 e. The molecule has 0 aliphatic rings. The van der Waals surface area contributed by atoms with E-state index in [0.29, 0.717) is 24.8 Å². The van der Waals surface area contributed by atoms with Crippen LogP contribution in [0.3, 0.4) is 0 Å². The molecule has 0 radical (unpaired) electrons. The fourth-order valence-corrected chi connectivity index (χ4v) is 5.85. The lowest BCUT2D eigenvalue weighted by Crippen LogP contribution is -2.49. The van der Waals surface area contributed by atoms with Gasteiger partial charge in [-0.25, -0.2) is 9.59 Å². The maximum Gasteiger partial charge on any atom is 0.363 e. The number of carbonyl (C=O) groups excluding carboxylic acids is 5. The molecule has 57 heavy (non-hydrogen) atoms. The van der Waals surface area contributed by atoms with Gasteiger partial charge >= 0.3 is 17.9 Å². The Bertz CT molecular complexity index is 1960. The van der Waals surface area contributed by atoms with E-state index in [4.69, 9.17) is 19.1 Å². The lowest BCUT2D eigenvalue weighted by Gasteiger charge is -2.32. The molecule has 2 aromatic carbocycles. The number of nitrogens with zero attached hydrogens (tertiary/aromatic N) is 2. The van der Waals surface area contributed by atoms with Gasteiger partial charge in [-0.3, -0.25) is 34.1 Å². The number of amides is 4. The molecule has 0 bridgehead atoms. The molecule has 0 spiro atoms. The first-order chi connectivity index (χ1) is 27.1. The molecule has 306 valence electrons. The summed E-state index contributed by atoms with van der Waals surface area (Å²) in [6.07, 6.45) is 2.21. The molecule has 4 amide bonds. The highest BCUT2D eigenvalue weighted by Gasteiger charge is 2.34. The van der Waals surface area contributed by atoms with E-state index in [1.807, 2.05) is 6.92 Å². The second-order valence-corrected chi connectivity index (χ2v) is 12.7. The highest BCUT2D eigenvalue weighted by molar-refractivity contribution is 6.00. The number of aryl methyl sites for hydroxylation is 1. The zero-order valence-corrected chi connectivity index (χ0v) is 31.8. The van der Waals surface area contributed by atoms with Crippen LogP contribution in [-0.2, 0) is 24.0 Å². The van der Waals surface area contributed by atoms with E-state index < -0.39 is 65.0 Å². The number of nitrogens with one attached hydrogen (secondary N) is 3. The van der Waals surface area contributed by atoms with Gasteiger partial charge in [-0.1, -0.05) is 39.2 Å². The molecular weight excluding hydrogens is 750 g/mol. The highest BCUT2D eigenvalue weighted by atomic mass is 16.7. The van der Waals surface area contributed by atoms with Crippen molar-refractivity contribution >= 4 is 47.7 Å². The number of hydrogen-bond donors (Lipinski definition) is 5. The first kappa shape index (κ1) is 44.6. The number of rotatable bonds is 23. The number of ether oxygens (including phenoxy) is 1. The van der Waals surface area contributed by atoms with Gasteiger partial charge in [-0.05, 0) is 62.6 Å². The molecule has 5 N–H and O–H groups in total. The fraction of sp³-hybridized carbons (Fsp3) is 0.395. The van der Waals surface area contributed by atoms with Crippen molar-refractivity contribution in [3.8, 4) is 17.1 Å². The standard InChI is InChI=1S/C38H45N5O14/c1-5-8-9-10-26(29(6-2)42(21-44)57-38(52)25-14-12-24(43(53)54)17-22(25)4)34(47)39-20-40-36(49)31-16-15-30(56-31)23-11-13-27(32(18-23)55-7-3)35(48)41-28(37(50)51)19-33(45)46/h11-18,21,26,28-29H,5-10,19-20H2,1-4H3,(H,39,47)(H,40,49)(H,41,48)(H,45,46)(H,50,51)/t26-,28+,29-/m1/s1. The molecule has 0 fully saturated rings. The van der Waals surface area contributed by atoms with Gasteiger partial charge in [0.2, 0.25) is 12.3 Å². The Morgan fingerprint density at radius 2 is 1.67 bits per heavy atom. The van der Waals surface area contributed by atoms with Gasteiger partial charge < -0.3 is 40.2 Å². The van der Waals surface area contributed by atoms with Gasteiger partial charge in [-0.15, -0.1) is 0 Å². The number of carbonyl (C=O) groups is 7. The van der Waals surface area contributed by atoms with Crippen LogP contribution in [0.4, 0.5) is 5.69 Å². The average Bonchev–Trinajstić information content (AvgIpc) is 3.67. The number of unbranched alkanes of at least 4 members (excludes halogenated alkanes) is 2. The highest BCUT2D eigenvalue weighted by Crippen LogP contribution is 2.30. The van der Waals surface area contributed by atoms with Crippen molar-refractivity contribution in [2.75, 3.05) is 13.3 Å². The number of nitro groups is 1. The van der Waals surface area contributed by atoms with Crippen LogP contribution < -0.4 is 20.7 Å². The number of aliphatic carboxylic acids is 2. The molecule has 0 saturated carbocycles. The quantitative estimate of drug-likeness (QED) is 0.0296.